The third-order valence-electron chi connectivity index (χ3n) is 4.71. The molecule has 26 heavy (non-hydrogen) atoms. The Balaban J connectivity index is 1.70. The number of carbonyl (C=O) groups excluding carboxylic acids is 2. The summed E-state index contributed by atoms with van der Waals surface area (Å²) in [6.07, 6.45) is 1.21. The number of Topliss-reactive ketones (excluding diaryl/α,β-unsaturated/α-hetero) is 1. The molecular weight excluding hydrogens is 328 g/mol. The van der Waals surface area contributed by atoms with Crippen LogP contribution in [0.1, 0.15) is 11.1 Å². The average molecular weight is 352 g/mol. The molecule has 1 aliphatic heterocycles. The minimum absolute atomic E-state index is 0.106. The van der Waals surface area contributed by atoms with Crippen LogP contribution in [-0.2, 0) is 22.6 Å². The van der Waals surface area contributed by atoms with Gasteiger partial charge in [0.25, 0.3) is 0 Å². The van der Waals surface area contributed by atoms with Crippen molar-refractivity contribution in [1.82, 2.24) is 10.2 Å². The number of piperazine rings is 1. The number of aldehydes is 1. The largest absolute Gasteiger partial charge is 0.497 e. The molecule has 0 bridgehead atoms. The number of nitrogens with one attached hydrogen (secondary N) is 1. The summed E-state index contributed by atoms with van der Waals surface area (Å²) < 4.78 is 5.20. The summed E-state index contributed by atoms with van der Waals surface area (Å²) in [5, 5.41) is 3.34. The first-order valence-electron chi connectivity index (χ1n) is 8.82. The number of rotatable bonds is 7. The molecule has 1 fully saturated rings. The first-order chi connectivity index (χ1) is 12.7. The molecule has 2 aromatic rings. The Kier molecular flexibility index (Phi) is 6.15. The minimum atomic E-state index is -0.451. The molecule has 2 unspecified atom stereocenters. The molecule has 1 heterocycles. The monoisotopic (exact) mass is 352 g/mol. The lowest BCUT2D eigenvalue weighted by molar-refractivity contribution is -0.132. The topological polar surface area (TPSA) is 58.6 Å². The van der Waals surface area contributed by atoms with E-state index < -0.39 is 6.04 Å². The highest BCUT2D eigenvalue weighted by Crippen LogP contribution is 2.16. The summed E-state index contributed by atoms with van der Waals surface area (Å²) in [6.45, 7) is 2.14. The Hall–Kier alpha value is -2.50. The molecule has 1 saturated heterocycles. The maximum Gasteiger partial charge on any atom is 0.213 e. The van der Waals surface area contributed by atoms with Crippen molar-refractivity contribution in [3.05, 3.63) is 65.7 Å². The highest BCUT2D eigenvalue weighted by atomic mass is 16.5. The van der Waals surface area contributed by atoms with Gasteiger partial charge in [-0.1, -0.05) is 42.5 Å². The van der Waals surface area contributed by atoms with Crippen molar-refractivity contribution in [2.24, 2.45) is 0 Å². The second kappa shape index (κ2) is 8.74. The maximum absolute atomic E-state index is 12.0. The van der Waals surface area contributed by atoms with Crippen LogP contribution in [0.3, 0.4) is 0 Å². The van der Waals surface area contributed by atoms with Crippen molar-refractivity contribution in [3.8, 4) is 5.75 Å². The van der Waals surface area contributed by atoms with E-state index >= 15 is 0 Å². The van der Waals surface area contributed by atoms with Crippen molar-refractivity contribution < 1.29 is 14.3 Å². The summed E-state index contributed by atoms with van der Waals surface area (Å²) in [5.41, 5.74) is 2.37. The maximum atomic E-state index is 12.0. The van der Waals surface area contributed by atoms with Gasteiger partial charge in [0, 0.05) is 25.7 Å². The molecule has 5 nitrogen and oxygen atoms in total. The third-order valence-corrected chi connectivity index (χ3v) is 4.71. The molecule has 2 aromatic carbocycles. The van der Waals surface area contributed by atoms with Gasteiger partial charge in [-0.3, -0.25) is 14.5 Å². The first-order valence-corrected chi connectivity index (χ1v) is 8.82. The molecule has 0 saturated carbocycles. The summed E-state index contributed by atoms with van der Waals surface area (Å²) in [7, 11) is 1.65. The summed E-state index contributed by atoms with van der Waals surface area (Å²) >= 11 is 0. The van der Waals surface area contributed by atoms with E-state index in [-0.39, 0.29) is 11.8 Å². The summed E-state index contributed by atoms with van der Waals surface area (Å²) in [5.74, 6) is 0.438. The van der Waals surface area contributed by atoms with Crippen molar-refractivity contribution in [1.29, 1.82) is 0 Å². The Bertz CT molecular complexity index is 731. The molecule has 0 spiro atoms. The zero-order valence-corrected chi connectivity index (χ0v) is 14.9. The molecule has 2 atom stereocenters. The van der Waals surface area contributed by atoms with Crippen LogP contribution < -0.4 is 10.1 Å². The highest BCUT2D eigenvalue weighted by molar-refractivity contribution is 6.27. The first kappa shape index (κ1) is 18.3. The summed E-state index contributed by atoms with van der Waals surface area (Å²) in [6, 6.07) is 17.8. The lowest BCUT2D eigenvalue weighted by atomic mass is 9.99. The smallest absolute Gasteiger partial charge is 0.213 e. The number of ketones is 1. The van der Waals surface area contributed by atoms with Gasteiger partial charge in [-0.2, -0.15) is 0 Å². The fraction of sp³-hybridized carbons (Fsp3) is 0.333. The lowest BCUT2D eigenvalue weighted by Gasteiger charge is -2.38. The van der Waals surface area contributed by atoms with Gasteiger partial charge in [0.2, 0.25) is 5.78 Å². The van der Waals surface area contributed by atoms with E-state index in [2.05, 4.69) is 22.3 Å². The van der Waals surface area contributed by atoms with Crippen LogP contribution in [0.4, 0.5) is 0 Å². The predicted octanol–water partition coefficient (Wildman–Crippen LogP) is 1.85. The molecule has 0 aromatic heterocycles. The molecular formula is C21H24N2O3. The lowest BCUT2D eigenvalue weighted by Crippen LogP contribution is -2.59. The molecule has 1 N–H and O–H groups in total. The number of carbonyl (C=O) groups is 2. The van der Waals surface area contributed by atoms with E-state index in [9.17, 15) is 9.59 Å². The van der Waals surface area contributed by atoms with Crippen LogP contribution in [0, 0.1) is 0 Å². The van der Waals surface area contributed by atoms with Crippen LogP contribution >= 0.6 is 0 Å². The van der Waals surface area contributed by atoms with Gasteiger partial charge in [-0.25, -0.2) is 0 Å². The van der Waals surface area contributed by atoms with Crippen LogP contribution in [0.15, 0.2) is 54.6 Å². The van der Waals surface area contributed by atoms with E-state index in [1.807, 2.05) is 42.5 Å². The number of benzene rings is 2. The number of nitrogens with zero attached hydrogens (tertiary/aromatic N) is 1. The zero-order valence-electron chi connectivity index (χ0n) is 14.9. The zero-order chi connectivity index (χ0) is 18.4. The predicted molar refractivity (Wildman–Crippen MR) is 100 cm³/mol. The van der Waals surface area contributed by atoms with Gasteiger partial charge >= 0.3 is 0 Å². The standard InChI is InChI=1S/C21H24N2O3/c1-26-19-9-7-16(8-10-19)11-18-13-23(12-17-5-3-2-4-6-17)14-20(22-18)21(25)15-24/h2-10,15,18,20,22H,11-14H2,1H3. The number of hydrogen-bond acceptors (Lipinski definition) is 5. The highest BCUT2D eigenvalue weighted by Gasteiger charge is 2.30. The molecule has 3 rings (SSSR count). The van der Waals surface area contributed by atoms with Crippen LogP contribution in [0.2, 0.25) is 0 Å². The average Bonchev–Trinajstić information content (AvgIpc) is 2.68. The van der Waals surface area contributed by atoms with Crippen molar-refractivity contribution >= 4 is 12.1 Å². The number of hydrogen-bond donors (Lipinski definition) is 1. The van der Waals surface area contributed by atoms with E-state index in [0.29, 0.717) is 12.8 Å². The number of methoxy groups -OCH3 is 1. The normalized spacial score (nSPS) is 20.5. The van der Waals surface area contributed by atoms with Crippen LogP contribution in [0.25, 0.3) is 0 Å². The van der Waals surface area contributed by atoms with Crippen LogP contribution in [0.5, 0.6) is 5.75 Å². The van der Waals surface area contributed by atoms with Gasteiger partial charge in [-0.15, -0.1) is 0 Å². The quantitative estimate of drug-likeness (QED) is 0.609. The van der Waals surface area contributed by atoms with E-state index in [0.717, 1.165) is 25.3 Å². The van der Waals surface area contributed by atoms with Crippen molar-refractivity contribution in [3.63, 3.8) is 0 Å². The van der Waals surface area contributed by atoms with Gasteiger partial charge in [0.1, 0.15) is 5.75 Å². The Morgan fingerprint density at radius 2 is 1.85 bits per heavy atom. The second-order valence-electron chi connectivity index (χ2n) is 6.67. The number of ether oxygens (including phenoxy) is 1. The van der Waals surface area contributed by atoms with Gasteiger partial charge in [-0.05, 0) is 29.7 Å². The Morgan fingerprint density at radius 3 is 2.50 bits per heavy atom. The van der Waals surface area contributed by atoms with Gasteiger partial charge in [0.15, 0.2) is 6.29 Å². The molecule has 0 amide bonds. The third kappa shape index (κ3) is 4.77. The van der Waals surface area contributed by atoms with E-state index in [4.69, 9.17) is 4.74 Å². The molecule has 136 valence electrons. The Labute approximate surface area is 154 Å². The molecule has 0 radical (unpaired) electrons. The Morgan fingerprint density at radius 1 is 1.12 bits per heavy atom. The fourth-order valence-corrected chi connectivity index (χ4v) is 3.43. The molecule has 1 aliphatic rings. The minimum Gasteiger partial charge on any atom is -0.497 e. The fourth-order valence-electron chi connectivity index (χ4n) is 3.43. The van der Waals surface area contributed by atoms with Crippen LogP contribution in [-0.4, -0.2) is 49.3 Å². The molecule has 5 heteroatoms. The second-order valence-corrected chi connectivity index (χ2v) is 6.67. The molecule has 0 aliphatic carbocycles. The van der Waals surface area contributed by atoms with Gasteiger partial charge in [0.05, 0.1) is 13.2 Å². The SMILES string of the molecule is COc1ccc(CC2CN(Cc3ccccc3)CC(C(=O)C=O)N2)cc1. The van der Waals surface area contributed by atoms with Gasteiger partial charge < -0.3 is 10.1 Å². The van der Waals surface area contributed by atoms with Crippen molar-refractivity contribution in [2.45, 2.75) is 25.0 Å². The van der Waals surface area contributed by atoms with E-state index in [1.54, 1.807) is 7.11 Å². The van der Waals surface area contributed by atoms with Crippen molar-refractivity contribution in [2.75, 3.05) is 20.2 Å². The van der Waals surface area contributed by atoms with E-state index in [1.165, 1.54) is 11.1 Å². The summed E-state index contributed by atoms with van der Waals surface area (Å²) in [4.78, 5) is 25.2.